The van der Waals surface area contributed by atoms with Gasteiger partial charge in [-0.3, -0.25) is 4.90 Å². The van der Waals surface area contributed by atoms with Crippen LogP contribution in [-0.4, -0.2) is 99.4 Å². The molecule has 0 radical (unpaired) electrons. The molecule has 4 aromatic rings. The minimum atomic E-state index is -4.50. The lowest BCUT2D eigenvalue weighted by Crippen LogP contribution is -2.49. The van der Waals surface area contributed by atoms with Crippen LogP contribution in [0.4, 0.5) is 30.5 Å². The molecule has 0 aliphatic carbocycles. The van der Waals surface area contributed by atoms with E-state index >= 15 is 0 Å². The van der Waals surface area contributed by atoms with Gasteiger partial charge in [0.05, 0.1) is 31.0 Å². The second kappa shape index (κ2) is 14.8. The molecule has 0 amide bonds. The van der Waals surface area contributed by atoms with Gasteiger partial charge in [0.2, 0.25) is 5.95 Å². The monoisotopic (exact) mass is 664 g/mol. The average molecular weight is 665 g/mol. The maximum atomic E-state index is 13.2. The van der Waals surface area contributed by atoms with Gasteiger partial charge in [0.1, 0.15) is 30.0 Å². The number of alkyl halides is 3. The molecule has 0 bridgehead atoms. The molecule has 6 rings (SSSR count). The summed E-state index contributed by atoms with van der Waals surface area (Å²) >= 11 is 0. The van der Waals surface area contributed by atoms with Gasteiger partial charge in [0.15, 0.2) is 6.61 Å². The summed E-state index contributed by atoms with van der Waals surface area (Å²) < 4.78 is 57.8. The van der Waals surface area contributed by atoms with E-state index in [1.165, 1.54) is 11.0 Å². The van der Waals surface area contributed by atoms with Crippen molar-refractivity contribution >= 4 is 17.3 Å². The number of aromatic nitrogens is 6. The van der Waals surface area contributed by atoms with Crippen molar-refractivity contribution in [2.24, 2.45) is 0 Å². The van der Waals surface area contributed by atoms with Crippen LogP contribution in [0.15, 0.2) is 55.1 Å². The van der Waals surface area contributed by atoms with Crippen molar-refractivity contribution in [1.29, 1.82) is 5.26 Å². The Hall–Kier alpha value is -5.01. The number of hydrogen-bond donors (Lipinski definition) is 1. The van der Waals surface area contributed by atoms with Crippen molar-refractivity contribution in [2.45, 2.75) is 44.6 Å². The van der Waals surface area contributed by atoms with Gasteiger partial charge in [0, 0.05) is 61.9 Å². The topological polar surface area (TPSA) is 139 Å². The average Bonchev–Trinajstić information content (AvgIpc) is 3.61. The zero-order chi connectivity index (χ0) is 33.5. The molecule has 2 aliphatic heterocycles. The van der Waals surface area contributed by atoms with Crippen molar-refractivity contribution in [2.75, 3.05) is 56.2 Å². The maximum Gasteiger partial charge on any atom is 0.422 e. The zero-order valence-corrected chi connectivity index (χ0v) is 26.3. The first-order chi connectivity index (χ1) is 23.2. The molecule has 48 heavy (non-hydrogen) atoms. The molecule has 1 unspecified atom stereocenters. The number of nitrogens with zero attached hydrogens (tertiary/aromatic N) is 9. The summed E-state index contributed by atoms with van der Waals surface area (Å²) in [6.45, 7) is 5.72. The van der Waals surface area contributed by atoms with Gasteiger partial charge in [-0.05, 0) is 60.0 Å². The molecule has 0 spiro atoms. The Morgan fingerprint density at radius 2 is 1.79 bits per heavy atom. The summed E-state index contributed by atoms with van der Waals surface area (Å²) in [5.41, 5.74) is 2.82. The summed E-state index contributed by atoms with van der Waals surface area (Å²) in [6.07, 6.45) is 1.72. The molecule has 1 atom stereocenters. The summed E-state index contributed by atoms with van der Waals surface area (Å²) in [7, 11) is 0. The third kappa shape index (κ3) is 8.47. The smallest absolute Gasteiger partial charge is 0.422 e. The maximum absolute atomic E-state index is 13.2. The van der Waals surface area contributed by atoms with Crippen LogP contribution < -0.4 is 19.7 Å². The van der Waals surface area contributed by atoms with Crippen molar-refractivity contribution < 1.29 is 27.4 Å². The summed E-state index contributed by atoms with van der Waals surface area (Å²) in [4.78, 5) is 13.4. The van der Waals surface area contributed by atoms with Gasteiger partial charge in [-0.2, -0.15) is 18.4 Å². The Labute approximate surface area is 275 Å². The number of nitrogens with one attached hydrogen (secondary N) is 1. The van der Waals surface area contributed by atoms with E-state index in [0.717, 1.165) is 57.9 Å². The second-order valence-corrected chi connectivity index (χ2v) is 11.7. The summed E-state index contributed by atoms with van der Waals surface area (Å²) in [5.74, 6) is 0.613. The number of rotatable bonds is 11. The van der Waals surface area contributed by atoms with Crippen molar-refractivity contribution in [1.82, 2.24) is 35.1 Å². The second-order valence-electron chi connectivity index (χ2n) is 11.7. The largest absolute Gasteiger partial charge is 0.487 e. The first-order valence-corrected chi connectivity index (χ1v) is 15.7. The fourth-order valence-corrected chi connectivity index (χ4v) is 5.86. The van der Waals surface area contributed by atoms with Gasteiger partial charge in [0.25, 0.3) is 0 Å². The molecular formula is C32H35F3N10O3. The third-order valence-electron chi connectivity index (χ3n) is 8.25. The molecule has 4 heterocycles. The van der Waals surface area contributed by atoms with E-state index in [4.69, 9.17) is 14.2 Å². The highest BCUT2D eigenvalue weighted by Gasteiger charge is 2.30. The normalized spacial score (nSPS) is 16.7. The highest BCUT2D eigenvalue weighted by molar-refractivity contribution is 5.70. The first kappa shape index (κ1) is 32.9. The third-order valence-corrected chi connectivity index (χ3v) is 8.25. The van der Waals surface area contributed by atoms with Crippen LogP contribution in [0.2, 0.25) is 0 Å². The van der Waals surface area contributed by atoms with E-state index in [1.807, 2.05) is 13.0 Å². The summed E-state index contributed by atoms with van der Waals surface area (Å²) in [6, 6.07) is 12.9. The van der Waals surface area contributed by atoms with Crippen LogP contribution in [0.3, 0.4) is 0 Å². The lowest BCUT2D eigenvalue weighted by Gasteiger charge is -2.41. The van der Waals surface area contributed by atoms with Crippen LogP contribution in [0.5, 0.6) is 11.5 Å². The minimum absolute atomic E-state index is 0.0532. The predicted octanol–water partition coefficient (Wildman–Crippen LogP) is 4.45. The van der Waals surface area contributed by atoms with Gasteiger partial charge in [-0.25, -0.2) is 14.6 Å². The Kier molecular flexibility index (Phi) is 10.2. The number of halogens is 3. The molecular weight excluding hydrogens is 629 g/mol. The molecule has 16 heteroatoms. The number of anilines is 3. The number of nitriles is 1. The molecule has 2 saturated heterocycles. The molecule has 252 valence electrons. The van der Waals surface area contributed by atoms with E-state index in [2.05, 4.69) is 46.7 Å². The number of tetrazole rings is 1. The Bertz CT molecular complexity index is 1690. The van der Waals surface area contributed by atoms with E-state index in [-0.39, 0.29) is 17.8 Å². The predicted molar refractivity (Wildman–Crippen MR) is 169 cm³/mol. The van der Waals surface area contributed by atoms with Crippen LogP contribution >= 0.6 is 0 Å². The minimum Gasteiger partial charge on any atom is -0.487 e. The van der Waals surface area contributed by atoms with Gasteiger partial charge >= 0.3 is 6.18 Å². The Morgan fingerprint density at radius 3 is 2.48 bits per heavy atom. The van der Waals surface area contributed by atoms with Crippen molar-refractivity contribution in [3.63, 3.8) is 0 Å². The number of hydrogen-bond acceptors (Lipinski definition) is 12. The van der Waals surface area contributed by atoms with Crippen LogP contribution in [0, 0.1) is 11.3 Å². The van der Waals surface area contributed by atoms with Crippen LogP contribution in [-0.2, 0) is 11.3 Å². The molecule has 1 N–H and O–H groups in total. The molecule has 2 aromatic heterocycles. The highest BCUT2D eigenvalue weighted by Crippen LogP contribution is 2.35. The number of piperidine rings is 1. The van der Waals surface area contributed by atoms with Crippen molar-refractivity contribution in [3.8, 4) is 28.7 Å². The van der Waals surface area contributed by atoms with E-state index in [1.54, 1.807) is 42.7 Å². The number of benzene rings is 2. The molecule has 13 nitrogen and oxygen atoms in total. The zero-order valence-electron chi connectivity index (χ0n) is 26.3. The molecule has 2 fully saturated rings. The van der Waals surface area contributed by atoms with Gasteiger partial charge < -0.3 is 24.4 Å². The quantitative estimate of drug-likeness (QED) is 0.242. The van der Waals surface area contributed by atoms with Gasteiger partial charge in [-0.1, -0.05) is 6.07 Å². The van der Waals surface area contributed by atoms with Gasteiger partial charge in [-0.15, -0.1) is 5.10 Å². The fourth-order valence-electron chi connectivity index (χ4n) is 5.86. The molecule has 2 aromatic carbocycles. The SMILES string of the molecule is CC(Cn1cnnn1)Oc1cc(-c2cnc(Nc3ccc(N4CCC(N5CCOCC5)CC4)cc3OCC(F)(F)F)nc2)ccc1C#N. The number of ether oxygens (including phenoxy) is 3. The van der Waals surface area contributed by atoms with Crippen LogP contribution in [0.25, 0.3) is 11.1 Å². The Balaban J connectivity index is 1.14. The lowest BCUT2D eigenvalue weighted by atomic mass is 10.0. The standard InChI is InChI=1S/C32H35F3N10O3/c1-22(19-45-21-39-41-42-45)48-29-14-23(2-3-24(29)16-36)25-17-37-31(38-18-25)40-28-5-4-27(15-30(28)47-20-32(33,34)35)43-8-6-26(7-9-43)44-10-12-46-13-11-44/h2-5,14-15,17-18,21-22,26H,6-13,19-20H2,1H3,(H,37,38,40). The lowest BCUT2D eigenvalue weighted by molar-refractivity contribution is -0.153. The number of morpholine rings is 1. The molecule has 2 aliphatic rings. The first-order valence-electron chi connectivity index (χ1n) is 15.7. The highest BCUT2D eigenvalue weighted by atomic mass is 19.4. The van der Waals surface area contributed by atoms with Crippen LogP contribution in [0.1, 0.15) is 25.3 Å². The van der Waals surface area contributed by atoms with E-state index in [0.29, 0.717) is 40.7 Å². The van der Waals surface area contributed by atoms with E-state index < -0.39 is 12.8 Å². The Morgan fingerprint density at radius 1 is 1.02 bits per heavy atom. The summed E-state index contributed by atoms with van der Waals surface area (Å²) in [5, 5.41) is 23.7. The molecule has 0 saturated carbocycles. The van der Waals surface area contributed by atoms with Crippen molar-refractivity contribution in [3.05, 3.63) is 60.7 Å². The fraction of sp³-hybridized carbons (Fsp3) is 0.438. The van der Waals surface area contributed by atoms with E-state index in [9.17, 15) is 18.4 Å².